The first kappa shape index (κ1) is 17.7. The summed E-state index contributed by atoms with van der Waals surface area (Å²) in [6.45, 7) is 2.14. The van der Waals surface area contributed by atoms with Crippen LogP contribution in [-0.4, -0.2) is 0 Å². The number of alkyl halides is 1. The molecular formula is C20H16Br3N. The van der Waals surface area contributed by atoms with Gasteiger partial charge in [0, 0.05) is 30.8 Å². The molecule has 1 nitrogen and oxygen atoms in total. The Morgan fingerprint density at radius 3 is 1.29 bits per heavy atom. The molecule has 3 aromatic rings. The van der Waals surface area contributed by atoms with Gasteiger partial charge in [-0.2, -0.15) is 0 Å². The van der Waals surface area contributed by atoms with Crippen LogP contribution in [0.1, 0.15) is 17.3 Å². The van der Waals surface area contributed by atoms with E-state index in [-0.39, 0.29) is 0 Å². The van der Waals surface area contributed by atoms with Crippen LogP contribution in [0, 0.1) is 0 Å². The summed E-state index contributed by atoms with van der Waals surface area (Å²) in [5.41, 5.74) is 4.65. The fourth-order valence-electron chi connectivity index (χ4n) is 2.52. The molecule has 0 saturated carbocycles. The number of halogens is 3. The van der Waals surface area contributed by atoms with Gasteiger partial charge < -0.3 is 4.90 Å². The van der Waals surface area contributed by atoms with E-state index in [1.807, 2.05) is 0 Å². The molecule has 0 saturated heterocycles. The van der Waals surface area contributed by atoms with Crippen LogP contribution in [0.2, 0.25) is 0 Å². The third-order valence-corrected chi connectivity index (χ3v) is 5.37. The van der Waals surface area contributed by atoms with Crippen molar-refractivity contribution in [3.8, 4) is 0 Å². The van der Waals surface area contributed by atoms with Crippen LogP contribution in [0.4, 0.5) is 17.1 Å². The summed E-state index contributed by atoms with van der Waals surface area (Å²) in [5.74, 6) is 0. The standard InChI is InChI=1S/C20H16Br3N/c1-14(21)15-2-8-18(9-3-15)24(19-10-4-16(22)5-11-19)20-12-6-17(23)7-13-20/h2-14H,1H3. The predicted molar refractivity (Wildman–Crippen MR) is 114 cm³/mol. The highest BCUT2D eigenvalue weighted by Gasteiger charge is 2.12. The Hall–Kier alpha value is -1.10. The van der Waals surface area contributed by atoms with Gasteiger partial charge in [-0.05, 0) is 73.2 Å². The second kappa shape index (κ2) is 7.85. The van der Waals surface area contributed by atoms with Crippen molar-refractivity contribution in [3.63, 3.8) is 0 Å². The highest BCUT2D eigenvalue weighted by Crippen LogP contribution is 2.36. The minimum absolute atomic E-state index is 0.348. The second-order valence-electron chi connectivity index (χ2n) is 5.50. The van der Waals surface area contributed by atoms with Crippen LogP contribution < -0.4 is 4.90 Å². The van der Waals surface area contributed by atoms with E-state index in [0.717, 1.165) is 26.0 Å². The average Bonchev–Trinajstić information content (AvgIpc) is 2.59. The smallest absolute Gasteiger partial charge is 0.0462 e. The predicted octanol–water partition coefficient (Wildman–Crippen LogP) is 8.14. The fraction of sp³-hybridized carbons (Fsp3) is 0.100. The lowest BCUT2D eigenvalue weighted by Crippen LogP contribution is -2.09. The molecule has 3 aromatic carbocycles. The molecule has 0 spiro atoms. The Morgan fingerprint density at radius 2 is 0.958 bits per heavy atom. The molecule has 0 N–H and O–H groups in total. The molecule has 1 atom stereocenters. The first-order valence-corrected chi connectivity index (χ1v) is 10.1. The molecule has 4 heteroatoms. The summed E-state index contributed by atoms with van der Waals surface area (Å²) in [5, 5.41) is 0. The Bertz CT molecular complexity index is 748. The Kier molecular flexibility index (Phi) is 5.80. The molecule has 0 aromatic heterocycles. The van der Waals surface area contributed by atoms with Gasteiger partial charge in [-0.25, -0.2) is 0 Å². The minimum Gasteiger partial charge on any atom is -0.311 e. The molecule has 0 heterocycles. The number of anilines is 3. The summed E-state index contributed by atoms with van der Waals surface area (Å²) in [6.07, 6.45) is 0. The average molecular weight is 510 g/mol. The maximum atomic E-state index is 3.63. The molecule has 1 unspecified atom stereocenters. The third kappa shape index (κ3) is 4.11. The molecule has 24 heavy (non-hydrogen) atoms. The summed E-state index contributed by atoms with van der Waals surface area (Å²) >= 11 is 10.7. The summed E-state index contributed by atoms with van der Waals surface area (Å²) in [4.78, 5) is 2.60. The van der Waals surface area contributed by atoms with Crippen molar-refractivity contribution in [2.45, 2.75) is 11.8 Å². The lowest BCUT2D eigenvalue weighted by atomic mass is 10.1. The van der Waals surface area contributed by atoms with Crippen molar-refractivity contribution in [3.05, 3.63) is 87.3 Å². The number of hydrogen-bond acceptors (Lipinski definition) is 1. The molecular weight excluding hydrogens is 494 g/mol. The first-order chi connectivity index (χ1) is 11.5. The van der Waals surface area contributed by atoms with Crippen molar-refractivity contribution in [2.24, 2.45) is 0 Å². The molecule has 3 rings (SSSR count). The highest BCUT2D eigenvalue weighted by molar-refractivity contribution is 9.10. The number of nitrogens with zero attached hydrogens (tertiary/aromatic N) is 1. The van der Waals surface area contributed by atoms with Gasteiger partial charge in [0.25, 0.3) is 0 Å². The first-order valence-electron chi connectivity index (χ1n) is 7.60. The van der Waals surface area contributed by atoms with Gasteiger partial charge in [-0.15, -0.1) is 0 Å². The van der Waals surface area contributed by atoms with Gasteiger partial charge in [-0.1, -0.05) is 59.9 Å². The van der Waals surface area contributed by atoms with E-state index in [0.29, 0.717) is 4.83 Å². The zero-order valence-corrected chi connectivity index (χ0v) is 17.8. The van der Waals surface area contributed by atoms with Gasteiger partial charge in [0.15, 0.2) is 0 Å². The monoisotopic (exact) mass is 507 g/mol. The van der Waals surface area contributed by atoms with E-state index in [1.54, 1.807) is 0 Å². The van der Waals surface area contributed by atoms with Crippen molar-refractivity contribution in [1.82, 2.24) is 0 Å². The summed E-state index contributed by atoms with van der Waals surface area (Å²) in [7, 11) is 0. The van der Waals surface area contributed by atoms with Gasteiger partial charge in [0.1, 0.15) is 0 Å². The molecule has 0 aliphatic carbocycles. The molecule has 0 bridgehead atoms. The molecule has 0 radical (unpaired) electrons. The van der Waals surface area contributed by atoms with Gasteiger partial charge in [0.2, 0.25) is 0 Å². The van der Waals surface area contributed by atoms with E-state index in [4.69, 9.17) is 0 Å². The van der Waals surface area contributed by atoms with Crippen LogP contribution in [0.5, 0.6) is 0 Å². The zero-order chi connectivity index (χ0) is 17.1. The van der Waals surface area contributed by atoms with Crippen molar-refractivity contribution in [2.75, 3.05) is 4.90 Å². The normalized spacial score (nSPS) is 12.0. The Balaban J connectivity index is 2.07. The maximum absolute atomic E-state index is 3.63. The van der Waals surface area contributed by atoms with Crippen LogP contribution >= 0.6 is 47.8 Å². The number of benzene rings is 3. The van der Waals surface area contributed by atoms with Crippen molar-refractivity contribution < 1.29 is 0 Å². The van der Waals surface area contributed by atoms with Crippen LogP contribution in [0.3, 0.4) is 0 Å². The summed E-state index contributed by atoms with van der Waals surface area (Å²) < 4.78 is 2.15. The summed E-state index contributed by atoms with van der Waals surface area (Å²) in [6, 6.07) is 25.4. The molecule has 0 aliphatic rings. The van der Waals surface area contributed by atoms with Crippen LogP contribution in [0.25, 0.3) is 0 Å². The van der Waals surface area contributed by atoms with E-state index in [2.05, 4.69) is 132 Å². The fourth-order valence-corrected chi connectivity index (χ4v) is 3.35. The largest absolute Gasteiger partial charge is 0.311 e. The molecule has 122 valence electrons. The van der Waals surface area contributed by atoms with Crippen molar-refractivity contribution >= 4 is 64.9 Å². The molecule has 0 fully saturated rings. The van der Waals surface area contributed by atoms with E-state index in [1.165, 1.54) is 5.56 Å². The minimum atomic E-state index is 0.348. The molecule has 0 amide bonds. The lowest BCUT2D eigenvalue weighted by molar-refractivity contribution is 1.12. The Morgan fingerprint density at radius 1 is 0.625 bits per heavy atom. The molecule has 0 aliphatic heterocycles. The van der Waals surface area contributed by atoms with E-state index in [9.17, 15) is 0 Å². The number of rotatable bonds is 4. The lowest BCUT2D eigenvalue weighted by Gasteiger charge is -2.26. The van der Waals surface area contributed by atoms with Gasteiger partial charge in [0.05, 0.1) is 0 Å². The zero-order valence-electron chi connectivity index (χ0n) is 13.1. The quantitative estimate of drug-likeness (QED) is 0.321. The number of hydrogen-bond donors (Lipinski definition) is 0. The Labute approximate surface area is 168 Å². The highest BCUT2D eigenvalue weighted by atomic mass is 79.9. The van der Waals surface area contributed by atoms with E-state index >= 15 is 0 Å². The van der Waals surface area contributed by atoms with Gasteiger partial charge >= 0.3 is 0 Å². The SMILES string of the molecule is CC(Br)c1ccc(N(c2ccc(Br)cc2)c2ccc(Br)cc2)cc1. The third-order valence-electron chi connectivity index (χ3n) is 3.78. The van der Waals surface area contributed by atoms with Gasteiger partial charge in [-0.3, -0.25) is 0 Å². The second-order valence-corrected chi connectivity index (χ2v) is 8.70. The maximum Gasteiger partial charge on any atom is 0.0462 e. The van der Waals surface area contributed by atoms with Crippen molar-refractivity contribution in [1.29, 1.82) is 0 Å². The topological polar surface area (TPSA) is 3.24 Å². The van der Waals surface area contributed by atoms with Crippen LogP contribution in [-0.2, 0) is 0 Å². The van der Waals surface area contributed by atoms with E-state index < -0.39 is 0 Å². The van der Waals surface area contributed by atoms with Crippen LogP contribution in [0.15, 0.2) is 81.7 Å².